The molecule has 1 atom stereocenters. The summed E-state index contributed by atoms with van der Waals surface area (Å²) in [4.78, 5) is 36.9. The first kappa shape index (κ1) is 19.2. The molecule has 2 amide bonds. The first-order valence-electron chi connectivity index (χ1n) is 9.28. The van der Waals surface area contributed by atoms with Crippen molar-refractivity contribution in [2.24, 2.45) is 0 Å². The minimum absolute atomic E-state index is 0.240. The van der Waals surface area contributed by atoms with Crippen LogP contribution in [-0.4, -0.2) is 32.0 Å². The lowest BCUT2D eigenvalue weighted by molar-refractivity contribution is -0.117. The molecule has 3 heterocycles. The molecular formula is C21H19N5O4. The first-order valence-corrected chi connectivity index (χ1v) is 9.28. The van der Waals surface area contributed by atoms with Gasteiger partial charge in [-0.2, -0.15) is 0 Å². The molecule has 0 spiro atoms. The van der Waals surface area contributed by atoms with Crippen molar-refractivity contribution in [3.05, 3.63) is 88.9 Å². The number of nitrogens with zero attached hydrogens (tertiary/aromatic N) is 3. The van der Waals surface area contributed by atoms with E-state index in [0.717, 1.165) is 5.56 Å². The summed E-state index contributed by atoms with van der Waals surface area (Å²) in [5, 5.41) is 9.69. The van der Waals surface area contributed by atoms with Crippen LogP contribution in [0.4, 0.5) is 5.69 Å². The van der Waals surface area contributed by atoms with Crippen molar-refractivity contribution in [1.29, 1.82) is 0 Å². The summed E-state index contributed by atoms with van der Waals surface area (Å²) in [5.74, 6) is -0.764. The highest BCUT2D eigenvalue weighted by Gasteiger charge is 2.17. The summed E-state index contributed by atoms with van der Waals surface area (Å²) < 4.78 is 7.70. The number of anilines is 1. The third-order valence-electron chi connectivity index (χ3n) is 4.54. The van der Waals surface area contributed by atoms with Crippen LogP contribution in [0.2, 0.25) is 0 Å². The van der Waals surface area contributed by atoms with Crippen molar-refractivity contribution in [3.63, 3.8) is 0 Å². The second-order valence-corrected chi connectivity index (χ2v) is 6.77. The van der Waals surface area contributed by atoms with E-state index in [9.17, 15) is 14.4 Å². The van der Waals surface area contributed by atoms with Crippen LogP contribution in [0.3, 0.4) is 0 Å². The summed E-state index contributed by atoms with van der Waals surface area (Å²) in [7, 11) is 0. The molecule has 0 saturated carbocycles. The maximum atomic E-state index is 12.4. The summed E-state index contributed by atoms with van der Waals surface area (Å²) in [5.41, 5.74) is 2.02. The van der Waals surface area contributed by atoms with Crippen LogP contribution in [-0.2, 0) is 11.3 Å². The fourth-order valence-electron chi connectivity index (χ4n) is 2.98. The van der Waals surface area contributed by atoms with Gasteiger partial charge in [-0.1, -0.05) is 18.2 Å². The normalized spacial score (nSPS) is 11.9. The molecule has 4 aromatic rings. The minimum Gasteiger partial charge on any atom is -0.472 e. The second-order valence-electron chi connectivity index (χ2n) is 6.77. The molecule has 1 unspecified atom stereocenters. The van der Waals surface area contributed by atoms with Crippen LogP contribution in [0, 0.1) is 0 Å². The fraction of sp³-hybridized carbons (Fsp3) is 0.143. The predicted molar refractivity (Wildman–Crippen MR) is 109 cm³/mol. The molecule has 9 nitrogen and oxygen atoms in total. The lowest BCUT2D eigenvalue weighted by Crippen LogP contribution is -2.41. The molecule has 1 aromatic carbocycles. The predicted octanol–water partition coefficient (Wildman–Crippen LogP) is 1.89. The molecular weight excluding hydrogens is 386 g/mol. The van der Waals surface area contributed by atoms with Gasteiger partial charge in [0.25, 0.3) is 5.91 Å². The smallest absolute Gasteiger partial charge is 0.350 e. The van der Waals surface area contributed by atoms with Gasteiger partial charge >= 0.3 is 5.69 Å². The molecule has 0 aliphatic carbocycles. The Morgan fingerprint density at radius 1 is 1.17 bits per heavy atom. The number of hydrogen-bond acceptors (Lipinski definition) is 5. The largest absolute Gasteiger partial charge is 0.472 e. The zero-order chi connectivity index (χ0) is 21.1. The number of carbonyl (C=O) groups is 2. The molecule has 0 aliphatic heterocycles. The zero-order valence-electron chi connectivity index (χ0n) is 16.1. The van der Waals surface area contributed by atoms with E-state index in [-0.39, 0.29) is 18.1 Å². The quantitative estimate of drug-likeness (QED) is 0.509. The topological polar surface area (TPSA) is 111 Å². The van der Waals surface area contributed by atoms with E-state index in [1.165, 1.54) is 27.7 Å². The molecule has 9 heteroatoms. The zero-order valence-corrected chi connectivity index (χ0v) is 16.1. The van der Waals surface area contributed by atoms with Crippen LogP contribution in [0.25, 0.3) is 5.65 Å². The van der Waals surface area contributed by atoms with Gasteiger partial charge in [-0.15, -0.1) is 5.10 Å². The van der Waals surface area contributed by atoms with Gasteiger partial charge in [-0.05, 0) is 42.8 Å². The fourth-order valence-corrected chi connectivity index (χ4v) is 2.98. The van der Waals surface area contributed by atoms with Gasteiger partial charge in [0.15, 0.2) is 5.65 Å². The van der Waals surface area contributed by atoms with Crippen LogP contribution >= 0.6 is 0 Å². The third kappa shape index (κ3) is 4.00. The number of fused-ring (bicyclic) bond motifs is 1. The van der Waals surface area contributed by atoms with Crippen molar-refractivity contribution in [2.45, 2.75) is 19.5 Å². The highest BCUT2D eigenvalue weighted by molar-refractivity contribution is 6.00. The molecule has 2 N–H and O–H groups in total. The summed E-state index contributed by atoms with van der Waals surface area (Å²) in [6, 6.07) is 13.2. The van der Waals surface area contributed by atoms with Crippen LogP contribution < -0.4 is 16.3 Å². The number of aromatic nitrogens is 3. The Balaban J connectivity index is 1.44. The van der Waals surface area contributed by atoms with E-state index < -0.39 is 11.9 Å². The van der Waals surface area contributed by atoms with Gasteiger partial charge in [0.2, 0.25) is 5.91 Å². The average molecular weight is 405 g/mol. The van der Waals surface area contributed by atoms with Crippen molar-refractivity contribution < 1.29 is 14.0 Å². The number of hydrogen-bond donors (Lipinski definition) is 2. The number of nitrogens with one attached hydrogen (secondary N) is 2. The van der Waals surface area contributed by atoms with E-state index in [0.29, 0.717) is 16.9 Å². The Hall–Kier alpha value is -4.14. The van der Waals surface area contributed by atoms with Crippen LogP contribution in [0.15, 0.2) is 76.5 Å². The second kappa shape index (κ2) is 8.08. The van der Waals surface area contributed by atoms with Gasteiger partial charge in [0, 0.05) is 11.9 Å². The Morgan fingerprint density at radius 3 is 2.80 bits per heavy atom. The van der Waals surface area contributed by atoms with E-state index >= 15 is 0 Å². The molecule has 4 rings (SSSR count). The number of furan rings is 1. The van der Waals surface area contributed by atoms with Gasteiger partial charge < -0.3 is 15.1 Å². The maximum absolute atomic E-state index is 12.4. The van der Waals surface area contributed by atoms with Gasteiger partial charge in [-0.25, -0.2) is 9.48 Å². The minimum atomic E-state index is -0.753. The van der Waals surface area contributed by atoms with Crippen molar-refractivity contribution in [3.8, 4) is 0 Å². The number of pyridine rings is 1. The molecule has 30 heavy (non-hydrogen) atoms. The van der Waals surface area contributed by atoms with E-state index in [1.54, 1.807) is 43.5 Å². The molecule has 0 saturated heterocycles. The van der Waals surface area contributed by atoms with Crippen LogP contribution in [0.1, 0.15) is 22.8 Å². The van der Waals surface area contributed by atoms with Gasteiger partial charge in [-0.3, -0.25) is 14.0 Å². The lowest BCUT2D eigenvalue weighted by Gasteiger charge is -2.14. The summed E-state index contributed by atoms with van der Waals surface area (Å²) >= 11 is 0. The number of amides is 2. The first-order chi connectivity index (χ1) is 14.5. The highest BCUT2D eigenvalue weighted by Crippen LogP contribution is 2.12. The molecule has 0 aliphatic rings. The molecule has 0 fully saturated rings. The van der Waals surface area contributed by atoms with Crippen molar-refractivity contribution in [2.75, 3.05) is 5.32 Å². The number of rotatable bonds is 6. The monoisotopic (exact) mass is 405 g/mol. The molecule has 0 radical (unpaired) electrons. The Morgan fingerprint density at radius 2 is 2.03 bits per heavy atom. The Labute approximate surface area is 170 Å². The van der Waals surface area contributed by atoms with E-state index in [4.69, 9.17) is 4.42 Å². The number of carbonyl (C=O) groups excluding carboxylic acids is 2. The molecule has 152 valence electrons. The molecule has 3 aromatic heterocycles. The summed E-state index contributed by atoms with van der Waals surface area (Å²) in [6.07, 6.45) is 4.36. The van der Waals surface area contributed by atoms with E-state index in [1.807, 2.05) is 12.1 Å². The SMILES string of the molecule is CC(NC(=O)c1ccoc1)C(=O)Nc1cccc(Cn2nc3ccccn3c2=O)c1. The average Bonchev–Trinajstić information content (AvgIpc) is 3.38. The van der Waals surface area contributed by atoms with Crippen LogP contribution in [0.5, 0.6) is 0 Å². The third-order valence-corrected chi connectivity index (χ3v) is 4.54. The molecule has 0 bridgehead atoms. The Kier molecular flexibility index (Phi) is 5.17. The van der Waals surface area contributed by atoms with Gasteiger partial charge in [0.1, 0.15) is 12.3 Å². The highest BCUT2D eigenvalue weighted by atomic mass is 16.3. The number of benzene rings is 1. The maximum Gasteiger partial charge on any atom is 0.350 e. The van der Waals surface area contributed by atoms with Gasteiger partial charge in [0.05, 0.1) is 18.4 Å². The van der Waals surface area contributed by atoms with Crippen molar-refractivity contribution in [1.82, 2.24) is 19.5 Å². The van der Waals surface area contributed by atoms with Crippen molar-refractivity contribution >= 4 is 23.1 Å². The lowest BCUT2D eigenvalue weighted by atomic mass is 10.2. The Bertz CT molecular complexity index is 1260. The standard InChI is InChI=1S/C21H19N5O4/c1-14(22-20(28)16-8-10-30-13-16)19(27)23-17-6-4-5-15(11-17)12-26-21(29)25-9-3-2-7-18(25)24-26/h2-11,13-14H,12H2,1H3,(H,22,28)(H,23,27). The van der Waals surface area contributed by atoms with E-state index in [2.05, 4.69) is 15.7 Å². The summed E-state index contributed by atoms with van der Waals surface area (Å²) in [6.45, 7) is 1.85.